The predicted octanol–water partition coefficient (Wildman–Crippen LogP) is 4.06. The van der Waals surface area contributed by atoms with E-state index in [0.717, 1.165) is 25.9 Å². The second kappa shape index (κ2) is 9.52. The Balaban J connectivity index is 1.57. The maximum absolute atomic E-state index is 14.7. The number of nitrogens with zero attached hydrogens (tertiary/aromatic N) is 3. The molecule has 0 aliphatic carbocycles. The van der Waals surface area contributed by atoms with Gasteiger partial charge in [-0.25, -0.2) is 4.39 Å². The number of carbonyl (C=O) groups excluding carboxylic acids is 1. The molecule has 0 spiro atoms. The molecule has 0 atom stereocenters. The van der Waals surface area contributed by atoms with Gasteiger partial charge in [0, 0.05) is 44.0 Å². The Labute approximate surface area is 186 Å². The van der Waals surface area contributed by atoms with Gasteiger partial charge in [0.05, 0.1) is 35.1 Å². The maximum Gasteiger partial charge on any atom is 0.270 e. The number of halogens is 1. The third-order valence-corrected chi connectivity index (χ3v) is 6.12. The minimum atomic E-state index is -0.518. The SMILES string of the molecule is CC1CCN(c2ccc([N+](=O)[O-])cc2C(=O)Nc2ccc(N3CCOCC3)c(F)c2)CC1. The summed E-state index contributed by atoms with van der Waals surface area (Å²) in [6, 6.07) is 8.90. The molecule has 0 saturated carbocycles. The number of rotatable bonds is 5. The second-order valence-corrected chi connectivity index (χ2v) is 8.35. The van der Waals surface area contributed by atoms with Crippen molar-refractivity contribution in [2.24, 2.45) is 5.92 Å². The van der Waals surface area contributed by atoms with Crippen molar-refractivity contribution in [2.45, 2.75) is 19.8 Å². The van der Waals surface area contributed by atoms with E-state index < -0.39 is 16.6 Å². The van der Waals surface area contributed by atoms with Crippen LogP contribution in [0.2, 0.25) is 0 Å². The molecule has 2 fully saturated rings. The summed E-state index contributed by atoms with van der Waals surface area (Å²) in [5.74, 6) is -0.329. The Kier molecular flexibility index (Phi) is 6.55. The third kappa shape index (κ3) is 4.83. The van der Waals surface area contributed by atoms with Crippen LogP contribution >= 0.6 is 0 Å². The number of ether oxygens (including phenoxy) is 1. The van der Waals surface area contributed by atoms with Crippen LogP contribution in [0.4, 0.5) is 27.1 Å². The Hall–Kier alpha value is -3.20. The van der Waals surface area contributed by atoms with Gasteiger partial charge in [-0.1, -0.05) is 6.92 Å². The highest BCUT2D eigenvalue weighted by molar-refractivity contribution is 6.08. The van der Waals surface area contributed by atoms with Crippen LogP contribution in [0.1, 0.15) is 30.1 Å². The first kappa shape index (κ1) is 22.0. The quantitative estimate of drug-likeness (QED) is 0.555. The lowest BCUT2D eigenvalue weighted by Gasteiger charge is -2.33. The molecule has 2 aromatic rings. The van der Waals surface area contributed by atoms with Gasteiger partial charge in [0.25, 0.3) is 11.6 Å². The zero-order chi connectivity index (χ0) is 22.7. The van der Waals surface area contributed by atoms with E-state index in [9.17, 15) is 19.3 Å². The molecule has 8 nitrogen and oxygen atoms in total. The molecule has 2 saturated heterocycles. The van der Waals surface area contributed by atoms with E-state index in [0.29, 0.717) is 49.3 Å². The molecule has 0 bridgehead atoms. The molecule has 2 aliphatic heterocycles. The van der Waals surface area contributed by atoms with Crippen molar-refractivity contribution in [3.8, 4) is 0 Å². The summed E-state index contributed by atoms with van der Waals surface area (Å²) in [7, 11) is 0. The number of benzene rings is 2. The molecule has 4 rings (SSSR count). The number of hydrogen-bond acceptors (Lipinski definition) is 6. The van der Waals surface area contributed by atoms with Crippen LogP contribution in [0.25, 0.3) is 0 Å². The first-order valence-corrected chi connectivity index (χ1v) is 10.9. The molecule has 0 radical (unpaired) electrons. The first-order chi connectivity index (χ1) is 15.4. The number of nitro groups is 1. The second-order valence-electron chi connectivity index (χ2n) is 8.35. The summed E-state index contributed by atoms with van der Waals surface area (Å²) in [5.41, 5.74) is 1.48. The maximum atomic E-state index is 14.7. The molecular weight excluding hydrogens is 415 g/mol. The van der Waals surface area contributed by atoms with Gasteiger partial charge < -0.3 is 19.9 Å². The van der Waals surface area contributed by atoms with Crippen LogP contribution in [0.5, 0.6) is 0 Å². The molecule has 170 valence electrons. The largest absolute Gasteiger partial charge is 0.378 e. The number of non-ortho nitro benzene ring substituents is 1. The number of anilines is 3. The average molecular weight is 442 g/mol. The Bertz CT molecular complexity index is 1000. The number of morpholine rings is 1. The molecule has 0 aromatic heterocycles. The highest BCUT2D eigenvalue weighted by Gasteiger charge is 2.24. The summed E-state index contributed by atoms with van der Waals surface area (Å²) < 4.78 is 20.0. The van der Waals surface area contributed by atoms with Crippen LogP contribution in [0, 0.1) is 21.8 Å². The average Bonchev–Trinajstić information content (AvgIpc) is 2.80. The fourth-order valence-electron chi connectivity index (χ4n) is 4.19. The Morgan fingerprint density at radius 1 is 1.06 bits per heavy atom. The molecule has 1 amide bonds. The molecule has 9 heteroatoms. The van der Waals surface area contributed by atoms with Crippen molar-refractivity contribution < 1.29 is 18.8 Å². The molecular formula is C23H27FN4O4. The lowest BCUT2D eigenvalue weighted by atomic mass is 9.98. The van der Waals surface area contributed by atoms with Gasteiger partial charge in [0.15, 0.2) is 0 Å². The predicted molar refractivity (Wildman–Crippen MR) is 121 cm³/mol. The van der Waals surface area contributed by atoms with Crippen molar-refractivity contribution in [1.82, 2.24) is 0 Å². The summed E-state index contributed by atoms with van der Waals surface area (Å²) in [4.78, 5) is 27.9. The number of piperidine rings is 1. The van der Waals surface area contributed by atoms with Gasteiger partial charge in [0.2, 0.25) is 0 Å². The zero-order valence-corrected chi connectivity index (χ0v) is 18.1. The van der Waals surface area contributed by atoms with E-state index in [1.807, 2.05) is 4.90 Å². The topological polar surface area (TPSA) is 87.9 Å². The normalized spacial score (nSPS) is 17.3. The van der Waals surface area contributed by atoms with E-state index >= 15 is 0 Å². The monoisotopic (exact) mass is 442 g/mol. The fourth-order valence-corrected chi connectivity index (χ4v) is 4.19. The molecule has 32 heavy (non-hydrogen) atoms. The van der Waals surface area contributed by atoms with Crippen LogP contribution in [-0.2, 0) is 4.74 Å². The Morgan fingerprint density at radius 2 is 1.72 bits per heavy atom. The number of nitro benzene ring substituents is 1. The van der Waals surface area contributed by atoms with Crippen LogP contribution < -0.4 is 15.1 Å². The van der Waals surface area contributed by atoms with Gasteiger partial charge in [-0.15, -0.1) is 0 Å². The highest BCUT2D eigenvalue weighted by Crippen LogP contribution is 2.30. The number of amides is 1. The van der Waals surface area contributed by atoms with Gasteiger partial charge >= 0.3 is 0 Å². The lowest BCUT2D eigenvalue weighted by molar-refractivity contribution is -0.384. The van der Waals surface area contributed by atoms with E-state index in [4.69, 9.17) is 4.74 Å². The van der Waals surface area contributed by atoms with Crippen molar-refractivity contribution in [2.75, 3.05) is 54.5 Å². The van der Waals surface area contributed by atoms with E-state index in [2.05, 4.69) is 17.1 Å². The number of hydrogen-bond donors (Lipinski definition) is 1. The van der Waals surface area contributed by atoms with Crippen molar-refractivity contribution >= 4 is 28.7 Å². The molecule has 2 aromatic carbocycles. The lowest BCUT2D eigenvalue weighted by Crippen LogP contribution is -2.36. The van der Waals surface area contributed by atoms with Gasteiger partial charge in [-0.05, 0) is 43.0 Å². The summed E-state index contributed by atoms with van der Waals surface area (Å²) in [6.45, 7) is 6.05. The molecule has 1 N–H and O–H groups in total. The molecule has 2 heterocycles. The summed E-state index contributed by atoms with van der Waals surface area (Å²) in [5, 5.41) is 14.0. The van der Waals surface area contributed by atoms with Crippen LogP contribution in [0.3, 0.4) is 0 Å². The molecule has 0 unspecified atom stereocenters. The first-order valence-electron chi connectivity index (χ1n) is 10.9. The minimum absolute atomic E-state index is 0.155. The highest BCUT2D eigenvalue weighted by atomic mass is 19.1. The van der Waals surface area contributed by atoms with E-state index in [-0.39, 0.29) is 11.3 Å². The fraction of sp³-hybridized carbons (Fsp3) is 0.435. The van der Waals surface area contributed by atoms with E-state index in [1.54, 1.807) is 18.2 Å². The number of nitrogens with one attached hydrogen (secondary N) is 1. The smallest absolute Gasteiger partial charge is 0.270 e. The van der Waals surface area contributed by atoms with Crippen molar-refractivity contribution in [3.05, 3.63) is 57.9 Å². The van der Waals surface area contributed by atoms with Gasteiger partial charge in [0.1, 0.15) is 5.82 Å². The van der Waals surface area contributed by atoms with Crippen LogP contribution in [-0.4, -0.2) is 50.2 Å². The third-order valence-electron chi connectivity index (χ3n) is 6.12. The summed E-state index contributed by atoms with van der Waals surface area (Å²) >= 11 is 0. The van der Waals surface area contributed by atoms with Gasteiger partial charge in [-0.2, -0.15) is 0 Å². The Morgan fingerprint density at radius 3 is 2.38 bits per heavy atom. The van der Waals surface area contributed by atoms with Crippen LogP contribution in [0.15, 0.2) is 36.4 Å². The van der Waals surface area contributed by atoms with E-state index in [1.165, 1.54) is 18.2 Å². The zero-order valence-electron chi connectivity index (χ0n) is 18.1. The number of carbonyl (C=O) groups is 1. The standard InChI is InChI=1S/C23H27FN4O4/c1-16-6-8-26(9-7-16)21-5-3-18(28(30)31)15-19(21)23(29)25-17-2-4-22(20(24)14-17)27-10-12-32-13-11-27/h2-5,14-16H,6-13H2,1H3,(H,25,29). The van der Waals surface area contributed by atoms with Crippen molar-refractivity contribution in [3.63, 3.8) is 0 Å². The minimum Gasteiger partial charge on any atom is -0.378 e. The van der Waals surface area contributed by atoms with Gasteiger partial charge in [-0.3, -0.25) is 14.9 Å². The van der Waals surface area contributed by atoms with Crippen molar-refractivity contribution in [1.29, 1.82) is 0 Å². The molecule has 2 aliphatic rings. The summed E-state index contributed by atoms with van der Waals surface area (Å²) in [6.07, 6.45) is 1.98.